The predicted molar refractivity (Wildman–Crippen MR) is 58.8 cm³/mol. The van der Waals surface area contributed by atoms with Crippen molar-refractivity contribution in [2.45, 2.75) is 0 Å². The van der Waals surface area contributed by atoms with E-state index in [1.54, 1.807) is 12.1 Å². The van der Waals surface area contributed by atoms with Gasteiger partial charge in [0, 0.05) is 17.7 Å². The van der Waals surface area contributed by atoms with Crippen LogP contribution in [-0.2, 0) is 4.79 Å². The number of benzene rings is 1. The lowest BCUT2D eigenvalue weighted by molar-refractivity contribution is -0.131. The first kappa shape index (κ1) is 12.0. The SMILES string of the molecule is C=CCOc1ccc(C=CC(=O)O)c(F)c1. The molecular weight excluding hydrogens is 211 g/mol. The van der Waals surface area contributed by atoms with Crippen molar-refractivity contribution >= 4 is 12.0 Å². The van der Waals surface area contributed by atoms with E-state index in [1.165, 1.54) is 18.2 Å². The van der Waals surface area contributed by atoms with Crippen LogP contribution >= 0.6 is 0 Å². The van der Waals surface area contributed by atoms with Crippen LogP contribution in [0.25, 0.3) is 6.08 Å². The Morgan fingerprint density at radius 3 is 2.88 bits per heavy atom. The third-order valence-electron chi connectivity index (χ3n) is 1.75. The summed E-state index contributed by atoms with van der Waals surface area (Å²) in [7, 11) is 0. The van der Waals surface area contributed by atoms with Crippen LogP contribution in [0.2, 0.25) is 0 Å². The second-order valence-electron chi connectivity index (χ2n) is 2.95. The maximum atomic E-state index is 13.4. The van der Waals surface area contributed by atoms with Crippen molar-refractivity contribution in [3.05, 3.63) is 48.3 Å². The van der Waals surface area contributed by atoms with Gasteiger partial charge in [-0.1, -0.05) is 12.7 Å². The normalized spacial score (nSPS) is 10.3. The van der Waals surface area contributed by atoms with Gasteiger partial charge in [-0.2, -0.15) is 0 Å². The molecule has 1 aromatic carbocycles. The zero-order valence-electron chi connectivity index (χ0n) is 8.52. The van der Waals surface area contributed by atoms with Gasteiger partial charge in [0.25, 0.3) is 0 Å². The summed E-state index contributed by atoms with van der Waals surface area (Å²) in [5, 5.41) is 8.39. The zero-order valence-corrected chi connectivity index (χ0v) is 8.52. The summed E-state index contributed by atoms with van der Waals surface area (Å²) in [6.07, 6.45) is 3.62. The van der Waals surface area contributed by atoms with Gasteiger partial charge in [0.05, 0.1) is 0 Å². The highest BCUT2D eigenvalue weighted by Gasteiger charge is 2.01. The van der Waals surface area contributed by atoms with E-state index in [9.17, 15) is 9.18 Å². The van der Waals surface area contributed by atoms with Crippen LogP contribution in [-0.4, -0.2) is 17.7 Å². The van der Waals surface area contributed by atoms with Crippen molar-refractivity contribution in [2.24, 2.45) is 0 Å². The number of carboxylic acid groups (broad SMARTS) is 1. The van der Waals surface area contributed by atoms with E-state index in [-0.39, 0.29) is 5.56 Å². The van der Waals surface area contributed by atoms with Crippen molar-refractivity contribution in [1.29, 1.82) is 0 Å². The first-order chi connectivity index (χ1) is 7.63. The summed E-state index contributed by atoms with van der Waals surface area (Å²) in [5.74, 6) is -1.27. The molecule has 1 aromatic rings. The summed E-state index contributed by atoms with van der Waals surface area (Å²) in [6.45, 7) is 3.76. The molecule has 0 atom stereocenters. The number of ether oxygens (including phenoxy) is 1. The van der Waals surface area contributed by atoms with Gasteiger partial charge in [-0.25, -0.2) is 9.18 Å². The maximum Gasteiger partial charge on any atom is 0.328 e. The van der Waals surface area contributed by atoms with E-state index in [4.69, 9.17) is 9.84 Å². The van der Waals surface area contributed by atoms with E-state index in [0.717, 1.165) is 6.08 Å². The first-order valence-electron chi connectivity index (χ1n) is 4.57. The maximum absolute atomic E-state index is 13.4. The number of rotatable bonds is 5. The Morgan fingerprint density at radius 1 is 1.56 bits per heavy atom. The van der Waals surface area contributed by atoms with Gasteiger partial charge < -0.3 is 9.84 Å². The van der Waals surface area contributed by atoms with E-state index < -0.39 is 11.8 Å². The fraction of sp³-hybridized carbons (Fsp3) is 0.0833. The summed E-state index contributed by atoms with van der Waals surface area (Å²) in [5.41, 5.74) is 0.202. The summed E-state index contributed by atoms with van der Waals surface area (Å²) in [6, 6.07) is 4.21. The average molecular weight is 222 g/mol. The molecular formula is C12H11FO3. The lowest BCUT2D eigenvalue weighted by Gasteiger charge is -2.04. The van der Waals surface area contributed by atoms with Crippen molar-refractivity contribution < 1.29 is 19.0 Å². The Labute approximate surface area is 92.5 Å². The monoisotopic (exact) mass is 222 g/mol. The highest BCUT2D eigenvalue weighted by molar-refractivity contribution is 5.85. The molecule has 0 aliphatic heterocycles. The quantitative estimate of drug-likeness (QED) is 0.615. The molecule has 0 aromatic heterocycles. The molecule has 0 fully saturated rings. The standard InChI is InChI=1S/C12H11FO3/c1-2-7-16-10-5-3-9(11(13)8-10)4-6-12(14)15/h2-6,8H,1,7H2,(H,14,15). The molecule has 0 amide bonds. The van der Waals surface area contributed by atoms with Crippen LogP contribution in [0.15, 0.2) is 36.9 Å². The second-order valence-corrected chi connectivity index (χ2v) is 2.95. The van der Waals surface area contributed by atoms with E-state index >= 15 is 0 Å². The van der Waals surface area contributed by atoms with Gasteiger partial charge in [0.2, 0.25) is 0 Å². The smallest absolute Gasteiger partial charge is 0.328 e. The fourth-order valence-electron chi connectivity index (χ4n) is 1.05. The Bertz CT molecular complexity index is 424. The molecule has 84 valence electrons. The molecule has 0 saturated carbocycles. The van der Waals surface area contributed by atoms with Gasteiger partial charge in [0.15, 0.2) is 0 Å². The van der Waals surface area contributed by atoms with Gasteiger partial charge in [0.1, 0.15) is 18.2 Å². The van der Waals surface area contributed by atoms with Crippen molar-refractivity contribution in [2.75, 3.05) is 6.61 Å². The molecule has 1 rings (SSSR count). The molecule has 3 nitrogen and oxygen atoms in total. The largest absolute Gasteiger partial charge is 0.489 e. The molecule has 0 bridgehead atoms. The van der Waals surface area contributed by atoms with Crippen LogP contribution in [0.1, 0.15) is 5.56 Å². The fourth-order valence-corrected chi connectivity index (χ4v) is 1.05. The summed E-state index contributed by atoms with van der Waals surface area (Å²) in [4.78, 5) is 10.2. The Hall–Kier alpha value is -2.10. The molecule has 0 radical (unpaired) electrons. The lowest BCUT2D eigenvalue weighted by atomic mass is 10.2. The van der Waals surface area contributed by atoms with Crippen LogP contribution in [0.4, 0.5) is 4.39 Å². The van der Waals surface area contributed by atoms with Crippen molar-refractivity contribution in [3.8, 4) is 5.75 Å². The molecule has 0 aliphatic rings. The third-order valence-corrected chi connectivity index (χ3v) is 1.75. The van der Waals surface area contributed by atoms with Gasteiger partial charge in [-0.05, 0) is 18.2 Å². The van der Waals surface area contributed by atoms with E-state index in [0.29, 0.717) is 12.4 Å². The van der Waals surface area contributed by atoms with E-state index in [1.807, 2.05) is 0 Å². The first-order valence-corrected chi connectivity index (χ1v) is 4.57. The van der Waals surface area contributed by atoms with Crippen molar-refractivity contribution in [3.63, 3.8) is 0 Å². The minimum absolute atomic E-state index is 0.202. The molecule has 0 spiro atoms. The molecule has 0 unspecified atom stereocenters. The summed E-state index contributed by atoms with van der Waals surface area (Å²) < 4.78 is 18.5. The molecule has 0 saturated heterocycles. The molecule has 0 heterocycles. The Morgan fingerprint density at radius 2 is 2.31 bits per heavy atom. The highest BCUT2D eigenvalue weighted by Crippen LogP contribution is 2.17. The minimum Gasteiger partial charge on any atom is -0.489 e. The number of hydrogen-bond donors (Lipinski definition) is 1. The number of hydrogen-bond acceptors (Lipinski definition) is 2. The van der Waals surface area contributed by atoms with E-state index in [2.05, 4.69) is 6.58 Å². The zero-order chi connectivity index (χ0) is 12.0. The van der Waals surface area contributed by atoms with Crippen LogP contribution in [0, 0.1) is 5.82 Å². The number of carboxylic acids is 1. The third kappa shape index (κ3) is 3.57. The molecule has 1 N–H and O–H groups in total. The molecule has 16 heavy (non-hydrogen) atoms. The molecule has 0 aliphatic carbocycles. The second kappa shape index (κ2) is 5.70. The number of halogens is 1. The number of carbonyl (C=O) groups is 1. The predicted octanol–water partition coefficient (Wildman–Crippen LogP) is 2.49. The molecule has 4 heteroatoms. The Kier molecular flexibility index (Phi) is 4.27. The highest BCUT2D eigenvalue weighted by atomic mass is 19.1. The van der Waals surface area contributed by atoms with Gasteiger partial charge in [-0.3, -0.25) is 0 Å². The van der Waals surface area contributed by atoms with Gasteiger partial charge in [-0.15, -0.1) is 0 Å². The van der Waals surface area contributed by atoms with Crippen LogP contribution < -0.4 is 4.74 Å². The van der Waals surface area contributed by atoms with Crippen molar-refractivity contribution in [1.82, 2.24) is 0 Å². The number of aliphatic carboxylic acids is 1. The Balaban J connectivity index is 2.82. The van der Waals surface area contributed by atoms with Crippen LogP contribution in [0.3, 0.4) is 0 Å². The summed E-state index contributed by atoms with van der Waals surface area (Å²) >= 11 is 0. The minimum atomic E-state index is -1.12. The topological polar surface area (TPSA) is 46.5 Å². The van der Waals surface area contributed by atoms with Crippen LogP contribution in [0.5, 0.6) is 5.75 Å². The lowest BCUT2D eigenvalue weighted by Crippen LogP contribution is -1.94. The average Bonchev–Trinajstić information content (AvgIpc) is 2.24. The van der Waals surface area contributed by atoms with Gasteiger partial charge >= 0.3 is 5.97 Å².